The number of anilines is 3. The fourth-order valence-corrected chi connectivity index (χ4v) is 4.78. The zero-order valence-electron chi connectivity index (χ0n) is 26.3. The summed E-state index contributed by atoms with van der Waals surface area (Å²) >= 11 is 0. The monoisotopic (exact) mass is 601 g/mol. The summed E-state index contributed by atoms with van der Waals surface area (Å²) in [6.07, 6.45) is 5.07. The molecule has 0 saturated carbocycles. The van der Waals surface area contributed by atoms with Gasteiger partial charge in [0.15, 0.2) is 0 Å². The number of methoxy groups -OCH3 is 1. The number of para-hydroxylation sites is 1. The van der Waals surface area contributed by atoms with E-state index in [4.69, 9.17) is 14.5 Å². The number of nitro groups is 1. The molecule has 12 heteroatoms. The minimum atomic E-state index is -0.626. The molecule has 0 spiro atoms. The van der Waals surface area contributed by atoms with Crippen LogP contribution in [0.3, 0.4) is 0 Å². The molecule has 4 rings (SSSR count). The van der Waals surface area contributed by atoms with Crippen LogP contribution >= 0.6 is 0 Å². The Morgan fingerprint density at radius 2 is 1.84 bits per heavy atom. The molecular weight excluding hydrogens is 562 g/mol. The van der Waals surface area contributed by atoms with E-state index in [0.717, 1.165) is 16.5 Å². The third kappa shape index (κ3) is 6.91. The van der Waals surface area contributed by atoms with Crippen LogP contribution in [0.4, 0.5) is 27.8 Å². The van der Waals surface area contributed by atoms with Gasteiger partial charge in [-0.2, -0.15) is 0 Å². The summed E-state index contributed by atoms with van der Waals surface area (Å²) in [7, 11) is 6.59. The summed E-state index contributed by atoms with van der Waals surface area (Å²) in [6, 6.07) is 13.0. The summed E-state index contributed by atoms with van der Waals surface area (Å²) in [5.74, 6) is 0.743. The number of carbonyl (C=O) groups excluding carboxylic acids is 1. The topological polar surface area (TPSA) is 119 Å². The molecule has 44 heavy (non-hydrogen) atoms. The molecule has 0 aliphatic carbocycles. The lowest BCUT2D eigenvalue weighted by molar-refractivity contribution is -0.384. The number of rotatable bonds is 11. The van der Waals surface area contributed by atoms with Crippen LogP contribution in [0.2, 0.25) is 0 Å². The number of allylic oxidation sites excluding steroid dienone is 1. The molecule has 0 fully saturated rings. The number of hydrogen-bond acceptors (Lipinski definition) is 9. The highest BCUT2D eigenvalue weighted by Crippen LogP contribution is 2.41. The van der Waals surface area contributed by atoms with Crippen molar-refractivity contribution in [3.8, 4) is 17.0 Å². The van der Waals surface area contributed by atoms with Crippen molar-refractivity contribution in [1.82, 2.24) is 19.4 Å². The smallest absolute Gasteiger partial charge is 0.410 e. The molecule has 2 aromatic carbocycles. The van der Waals surface area contributed by atoms with Gasteiger partial charge < -0.3 is 28.7 Å². The maximum absolute atomic E-state index is 12.4. The summed E-state index contributed by atoms with van der Waals surface area (Å²) in [4.78, 5) is 38.3. The Hall–Kier alpha value is -5.13. The van der Waals surface area contributed by atoms with Crippen LogP contribution in [-0.4, -0.2) is 77.4 Å². The summed E-state index contributed by atoms with van der Waals surface area (Å²) in [6.45, 7) is 10.5. The van der Waals surface area contributed by atoms with E-state index < -0.39 is 16.6 Å². The van der Waals surface area contributed by atoms with Crippen LogP contribution in [-0.2, 0) is 11.3 Å². The fourth-order valence-electron chi connectivity index (χ4n) is 4.78. The van der Waals surface area contributed by atoms with Crippen LogP contribution in [0.1, 0.15) is 20.8 Å². The first-order chi connectivity index (χ1) is 20.8. The zero-order chi connectivity index (χ0) is 32.2. The van der Waals surface area contributed by atoms with Crippen LogP contribution < -0.4 is 14.5 Å². The average molecular weight is 602 g/mol. The average Bonchev–Trinajstić information content (AvgIpc) is 3.36. The zero-order valence-corrected chi connectivity index (χ0v) is 26.3. The Bertz CT molecular complexity index is 1680. The third-order valence-corrected chi connectivity index (χ3v) is 7.05. The van der Waals surface area contributed by atoms with Gasteiger partial charge in [-0.1, -0.05) is 24.3 Å². The first kappa shape index (κ1) is 31.8. The Morgan fingerprint density at radius 3 is 2.50 bits per heavy atom. The lowest BCUT2D eigenvalue weighted by atomic mass is 10.1. The number of nitro benzene ring substituents is 1. The van der Waals surface area contributed by atoms with E-state index in [9.17, 15) is 14.9 Å². The lowest BCUT2D eigenvalue weighted by Gasteiger charge is -2.27. The molecule has 0 bridgehead atoms. The highest BCUT2D eigenvalue weighted by Gasteiger charge is 2.26. The molecule has 0 saturated heterocycles. The molecule has 0 N–H and O–H groups in total. The predicted molar refractivity (Wildman–Crippen MR) is 173 cm³/mol. The van der Waals surface area contributed by atoms with Gasteiger partial charge in [-0.25, -0.2) is 14.8 Å². The number of nitrogens with zero attached hydrogens (tertiary/aromatic N) is 7. The van der Waals surface area contributed by atoms with Gasteiger partial charge in [0.25, 0.3) is 5.69 Å². The highest BCUT2D eigenvalue weighted by molar-refractivity contribution is 5.95. The molecular formula is C32H39N7O5. The summed E-state index contributed by atoms with van der Waals surface area (Å²) in [5, 5.41) is 13.3. The van der Waals surface area contributed by atoms with Crippen LogP contribution in [0.25, 0.3) is 22.2 Å². The third-order valence-electron chi connectivity index (χ3n) is 7.05. The second kappa shape index (κ2) is 13.0. The van der Waals surface area contributed by atoms with Gasteiger partial charge in [-0.15, -0.1) is 6.58 Å². The van der Waals surface area contributed by atoms with Crippen molar-refractivity contribution in [3.05, 3.63) is 77.6 Å². The quantitative estimate of drug-likeness (QED) is 0.111. The number of ether oxygens (including phenoxy) is 2. The van der Waals surface area contributed by atoms with Crippen LogP contribution in [0, 0.1) is 10.1 Å². The van der Waals surface area contributed by atoms with Crippen molar-refractivity contribution in [2.24, 2.45) is 0 Å². The summed E-state index contributed by atoms with van der Waals surface area (Å²) in [5.41, 5.74) is 2.72. The Balaban J connectivity index is 1.65. The first-order valence-corrected chi connectivity index (χ1v) is 14.1. The van der Waals surface area contributed by atoms with Gasteiger partial charge in [0.1, 0.15) is 17.0 Å². The number of hydrogen-bond donors (Lipinski definition) is 0. The van der Waals surface area contributed by atoms with Crippen LogP contribution in [0.15, 0.2) is 67.5 Å². The van der Waals surface area contributed by atoms with E-state index >= 15 is 0 Å². The Morgan fingerprint density at radius 1 is 1.11 bits per heavy atom. The largest absolute Gasteiger partial charge is 0.494 e. The second-order valence-corrected chi connectivity index (χ2v) is 11.4. The standard InChI is InChI=1S/C32H39N7O5/c1-9-16-38-21-23(22-12-10-11-13-25(22)38)24-14-15-33-30(34-24)37(7)28-19-27(39(41)42)26(20-29(28)43-8)35(5)17-18-36(6)31(40)44-32(2,3)4/h9-15,19-21H,1,16-18H2,2-8H3. The number of fused-ring (bicyclic) bond motifs is 1. The minimum absolute atomic E-state index is 0.126. The Labute approximate surface area is 257 Å². The lowest BCUT2D eigenvalue weighted by Crippen LogP contribution is -2.38. The van der Waals surface area contributed by atoms with E-state index in [2.05, 4.69) is 22.2 Å². The van der Waals surface area contributed by atoms with Crippen molar-refractivity contribution in [2.75, 3.05) is 51.1 Å². The van der Waals surface area contributed by atoms with Crippen LogP contribution in [0.5, 0.6) is 5.75 Å². The number of amides is 1. The number of aromatic nitrogens is 3. The molecule has 0 aliphatic heterocycles. The fraction of sp³-hybridized carbons (Fsp3) is 0.344. The SMILES string of the molecule is C=CCn1cc(-c2ccnc(N(C)c3cc([N+](=O)[O-])c(N(C)CCN(C)C(=O)OC(C)(C)C)cc3OC)n2)c2ccccc21. The van der Waals surface area contributed by atoms with E-state index in [-0.39, 0.29) is 12.2 Å². The van der Waals surface area contributed by atoms with Crippen molar-refractivity contribution < 1.29 is 19.2 Å². The first-order valence-electron chi connectivity index (χ1n) is 14.1. The normalized spacial score (nSPS) is 11.2. The Kier molecular flexibility index (Phi) is 9.41. The maximum atomic E-state index is 12.4. The molecule has 1 amide bonds. The maximum Gasteiger partial charge on any atom is 0.410 e. The number of carbonyl (C=O) groups is 1. The van der Waals surface area contributed by atoms with Gasteiger partial charge in [-0.3, -0.25) is 10.1 Å². The molecule has 4 aromatic rings. The van der Waals surface area contributed by atoms with Gasteiger partial charge >= 0.3 is 6.09 Å². The van der Waals surface area contributed by atoms with Crippen molar-refractivity contribution in [2.45, 2.75) is 32.9 Å². The highest BCUT2D eigenvalue weighted by atomic mass is 16.6. The molecule has 0 aliphatic rings. The number of likely N-dealkylation sites (N-methyl/N-ethyl adjacent to an activating group) is 2. The van der Waals surface area contributed by atoms with E-state index in [1.165, 1.54) is 18.1 Å². The van der Waals surface area contributed by atoms with Gasteiger partial charge in [0.2, 0.25) is 5.95 Å². The molecule has 0 radical (unpaired) electrons. The predicted octanol–water partition coefficient (Wildman–Crippen LogP) is 6.27. The van der Waals surface area contributed by atoms with E-state index in [1.54, 1.807) is 64.0 Å². The van der Waals surface area contributed by atoms with Crippen molar-refractivity contribution >= 4 is 40.0 Å². The molecule has 2 heterocycles. The van der Waals surface area contributed by atoms with Gasteiger partial charge in [0.05, 0.1) is 23.4 Å². The second-order valence-electron chi connectivity index (χ2n) is 11.4. The van der Waals surface area contributed by atoms with Gasteiger partial charge in [0, 0.05) is 81.8 Å². The molecule has 0 atom stereocenters. The van der Waals surface area contributed by atoms with E-state index in [0.29, 0.717) is 41.9 Å². The molecule has 2 aromatic heterocycles. The number of benzene rings is 2. The molecule has 12 nitrogen and oxygen atoms in total. The van der Waals surface area contributed by atoms with E-state index in [1.807, 2.05) is 36.5 Å². The van der Waals surface area contributed by atoms with Gasteiger partial charge in [-0.05, 0) is 32.9 Å². The summed E-state index contributed by atoms with van der Waals surface area (Å²) < 4.78 is 13.2. The molecule has 232 valence electrons. The van der Waals surface area contributed by atoms with Crippen molar-refractivity contribution in [1.29, 1.82) is 0 Å². The molecule has 0 unspecified atom stereocenters. The van der Waals surface area contributed by atoms with Crippen molar-refractivity contribution in [3.63, 3.8) is 0 Å². The minimum Gasteiger partial charge on any atom is -0.494 e.